The van der Waals surface area contributed by atoms with Crippen LogP contribution in [0.25, 0.3) is 0 Å². The van der Waals surface area contributed by atoms with Crippen LogP contribution in [0.1, 0.15) is 23.6 Å². The van der Waals surface area contributed by atoms with E-state index in [-0.39, 0.29) is 28.1 Å². The van der Waals surface area contributed by atoms with Crippen molar-refractivity contribution >= 4 is 39.0 Å². The summed E-state index contributed by atoms with van der Waals surface area (Å²) < 4.78 is 27.8. The van der Waals surface area contributed by atoms with Crippen LogP contribution in [0.5, 0.6) is 0 Å². The van der Waals surface area contributed by atoms with Crippen molar-refractivity contribution in [2.45, 2.75) is 49.1 Å². The van der Waals surface area contributed by atoms with Crippen molar-refractivity contribution in [1.82, 2.24) is 9.78 Å². The molecule has 164 valence electrons. The van der Waals surface area contributed by atoms with Gasteiger partial charge in [-0.3, -0.25) is 4.79 Å². The van der Waals surface area contributed by atoms with Crippen molar-refractivity contribution in [2.75, 3.05) is 16.8 Å². The number of nitrogens with zero attached hydrogens (tertiary/aromatic N) is 2. The van der Waals surface area contributed by atoms with Gasteiger partial charge >= 0.3 is 0 Å². The molecule has 3 aromatic rings. The Morgan fingerprint density at radius 2 is 1.71 bits per heavy atom. The van der Waals surface area contributed by atoms with Gasteiger partial charge in [-0.05, 0) is 49.8 Å². The lowest BCUT2D eigenvalue weighted by molar-refractivity contribution is -0.116. The number of nitrogen functional groups attached to an aromatic ring is 1. The number of amides is 1. The van der Waals surface area contributed by atoms with Crippen molar-refractivity contribution < 1.29 is 13.2 Å². The molecule has 0 unspecified atom stereocenters. The van der Waals surface area contributed by atoms with Gasteiger partial charge in [0.1, 0.15) is 22.3 Å². The number of benzene rings is 2. The molecule has 0 fully saturated rings. The Morgan fingerprint density at radius 1 is 1.10 bits per heavy atom. The number of aryl methyl sites for hydroxylation is 3. The van der Waals surface area contributed by atoms with Gasteiger partial charge in [0.25, 0.3) is 0 Å². The SMILES string of the molecule is CCSc1nn(CC(=O)Nc2c(C)cccc2C)c(N)c1S(=O)(=O)c1ccc(C)cc1. The summed E-state index contributed by atoms with van der Waals surface area (Å²) in [4.78, 5) is 12.8. The van der Waals surface area contributed by atoms with Gasteiger partial charge in [-0.2, -0.15) is 5.10 Å². The van der Waals surface area contributed by atoms with Crippen LogP contribution in [0.4, 0.5) is 11.5 Å². The first-order valence-corrected chi connectivity index (χ1v) is 12.3. The standard InChI is InChI=1S/C22H26N4O3S2/c1-5-30-22-20(31(28,29)17-11-9-14(2)10-12-17)21(23)26(25-22)13-18(27)24-19-15(3)7-6-8-16(19)4/h6-12H,5,13,23H2,1-4H3,(H,24,27). The summed E-state index contributed by atoms with van der Waals surface area (Å²) in [5.74, 6) is 0.230. The zero-order valence-electron chi connectivity index (χ0n) is 18.0. The molecule has 0 aliphatic carbocycles. The highest BCUT2D eigenvalue weighted by Gasteiger charge is 2.30. The second-order valence-corrected chi connectivity index (χ2v) is 10.4. The van der Waals surface area contributed by atoms with E-state index >= 15 is 0 Å². The third-order valence-electron chi connectivity index (χ3n) is 4.84. The molecular weight excluding hydrogens is 432 g/mol. The fourth-order valence-electron chi connectivity index (χ4n) is 3.20. The summed E-state index contributed by atoms with van der Waals surface area (Å²) in [6, 6.07) is 12.3. The average molecular weight is 459 g/mol. The molecule has 31 heavy (non-hydrogen) atoms. The number of hydrogen-bond acceptors (Lipinski definition) is 6. The van der Waals surface area contributed by atoms with Gasteiger partial charge in [0.2, 0.25) is 15.7 Å². The van der Waals surface area contributed by atoms with Crippen molar-refractivity contribution in [1.29, 1.82) is 0 Å². The maximum Gasteiger partial charge on any atom is 0.246 e. The van der Waals surface area contributed by atoms with E-state index < -0.39 is 9.84 Å². The lowest BCUT2D eigenvalue weighted by Gasteiger charge is -2.12. The maximum absolute atomic E-state index is 13.3. The van der Waals surface area contributed by atoms with Crippen molar-refractivity contribution in [2.24, 2.45) is 0 Å². The monoisotopic (exact) mass is 458 g/mol. The Hall–Kier alpha value is -2.78. The Labute approximate surface area is 187 Å². The van der Waals surface area contributed by atoms with Crippen LogP contribution >= 0.6 is 11.8 Å². The number of sulfone groups is 1. The molecule has 9 heteroatoms. The molecule has 0 spiro atoms. The number of aromatic nitrogens is 2. The Balaban J connectivity index is 1.96. The van der Waals surface area contributed by atoms with Crippen LogP contribution in [0.15, 0.2) is 57.3 Å². The van der Waals surface area contributed by atoms with E-state index in [0.29, 0.717) is 10.8 Å². The van der Waals surface area contributed by atoms with Gasteiger partial charge in [0.05, 0.1) is 4.90 Å². The number of thioether (sulfide) groups is 1. The van der Waals surface area contributed by atoms with Crippen LogP contribution in [-0.4, -0.2) is 29.9 Å². The molecule has 7 nitrogen and oxygen atoms in total. The second-order valence-electron chi connectivity index (χ2n) is 7.24. The molecule has 3 rings (SSSR count). The fourth-order valence-corrected chi connectivity index (χ4v) is 5.75. The van der Waals surface area contributed by atoms with E-state index in [0.717, 1.165) is 22.4 Å². The number of para-hydroxylation sites is 1. The Morgan fingerprint density at radius 3 is 2.29 bits per heavy atom. The van der Waals surface area contributed by atoms with Gasteiger partial charge < -0.3 is 11.1 Å². The van der Waals surface area contributed by atoms with E-state index in [4.69, 9.17) is 5.73 Å². The molecule has 0 aliphatic heterocycles. The molecule has 0 atom stereocenters. The summed E-state index contributed by atoms with van der Waals surface area (Å²) in [5, 5.41) is 7.52. The third-order valence-corrected chi connectivity index (χ3v) is 7.65. The highest BCUT2D eigenvalue weighted by molar-refractivity contribution is 8.00. The zero-order valence-corrected chi connectivity index (χ0v) is 19.6. The Kier molecular flexibility index (Phi) is 6.76. The molecule has 2 aromatic carbocycles. The molecule has 0 saturated carbocycles. The number of rotatable bonds is 7. The predicted molar refractivity (Wildman–Crippen MR) is 124 cm³/mol. The fraction of sp³-hybridized carbons (Fsp3) is 0.273. The summed E-state index contributed by atoms with van der Waals surface area (Å²) in [7, 11) is -3.89. The highest BCUT2D eigenvalue weighted by Crippen LogP contribution is 2.35. The lowest BCUT2D eigenvalue weighted by atomic mass is 10.1. The molecule has 1 aromatic heterocycles. The van der Waals surface area contributed by atoms with Crippen molar-refractivity contribution in [3.05, 3.63) is 59.2 Å². The van der Waals surface area contributed by atoms with E-state index in [2.05, 4.69) is 10.4 Å². The summed E-state index contributed by atoms with van der Waals surface area (Å²) in [6.07, 6.45) is 0. The normalized spacial score (nSPS) is 11.5. The summed E-state index contributed by atoms with van der Waals surface area (Å²) in [6.45, 7) is 7.41. The molecule has 0 bridgehead atoms. The average Bonchev–Trinajstić information content (AvgIpc) is 3.01. The second kappa shape index (κ2) is 9.15. The first-order valence-electron chi connectivity index (χ1n) is 9.82. The third kappa shape index (κ3) is 4.77. The number of anilines is 2. The maximum atomic E-state index is 13.3. The van der Waals surface area contributed by atoms with E-state index in [1.807, 2.05) is 45.9 Å². The van der Waals surface area contributed by atoms with Crippen LogP contribution in [-0.2, 0) is 21.2 Å². The molecule has 0 aliphatic rings. The van der Waals surface area contributed by atoms with Crippen LogP contribution in [0.2, 0.25) is 0 Å². The minimum absolute atomic E-state index is 0.0480. The number of nitrogens with two attached hydrogens (primary N) is 1. The zero-order chi connectivity index (χ0) is 22.8. The quantitative estimate of drug-likeness (QED) is 0.519. The van der Waals surface area contributed by atoms with Crippen LogP contribution in [0, 0.1) is 20.8 Å². The minimum atomic E-state index is -3.89. The van der Waals surface area contributed by atoms with E-state index in [9.17, 15) is 13.2 Å². The largest absolute Gasteiger partial charge is 0.383 e. The minimum Gasteiger partial charge on any atom is -0.383 e. The van der Waals surface area contributed by atoms with Crippen molar-refractivity contribution in [3.8, 4) is 0 Å². The number of carbonyl (C=O) groups is 1. The molecule has 0 saturated heterocycles. The lowest BCUT2D eigenvalue weighted by Crippen LogP contribution is -2.21. The predicted octanol–water partition coefficient (Wildman–Crippen LogP) is 3.97. The van der Waals surface area contributed by atoms with Crippen LogP contribution < -0.4 is 11.1 Å². The van der Waals surface area contributed by atoms with Gasteiger partial charge in [0.15, 0.2) is 0 Å². The number of nitrogens with one attached hydrogen (secondary N) is 1. The highest BCUT2D eigenvalue weighted by atomic mass is 32.2. The van der Waals surface area contributed by atoms with E-state index in [1.165, 1.54) is 16.4 Å². The van der Waals surface area contributed by atoms with Gasteiger partial charge in [0, 0.05) is 5.69 Å². The smallest absolute Gasteiger partial charge is 0.246 e. The van der Waals surface area contributed by atoms with Crippen molar-refractivity contribution in [3.63, 3.8) is 0 Å². The topological polar surface area (TPSA) is 107 Å². The van der Waals surface area contributed by atoms with Gasteiger partial charge in [-0.1, -0.05) is 42.8 Å². The van der Waals surface area contributed by atoms with Gasteiger partial charge in [-0.15, -0.1) is 11.8 Å². The summed E-state index contributed by atoms with van der Waals surface area (Å²) in [5.41, 5.74) is 9.77. The molecule has 1 amide bonds. The van der Waals surface area contributed by atoms with E-state index in [1.54, 1.807) is 24.3 Å². The first-order chi connectivity index (χ1) is 14.6. The van der Waals surface area contributed by atoms with Crippen LogP contribution in [0.3, 0.4) is 0 Å². The number of carbonyl (C=O) groups excluding carboxylic acids is 1. The Bertz CT molecular complexity index is 1200. The molecule has 3 N–H and O–H groups in total. The molecule has 1 heterocycles. The van der Waals surface area contributed by atoms with Gasteiger partial charge in [-0.25, -0.2) is 13.1 Å². The first kappa shape index (κ1) is 22.9. The summed E-state index contributed by atoms with van der Waals surface area (Å²) >= 11 is 1.27. The molecule has 0 radical (unpaired) electrons. The number of hydrogen-bond donors (Lipinski definition) is 2. The molecular formula is C22H26N4O3S2.